The Labute approximate surface area is 208 Å². The zero-order valence-electron chi connectivity index (χ0n) is 19.7. The van der Waals surface area contributed by atoms with Crippen LogP contribution in [0.15, 0.2) is 96.6 Å². The van der Waals surface area contributed by atoms with E-state index in [0.717, 1.165) is 33.2 Å². The zero-order chi connectivity index (χ0) is 25.1. The third-order valence-electron chi connectivity index (χ3n) is 6.15. The number of ether oxygens (including phenoxy) is 1. The van der Waals surface area contributed by atoms with E-state index in [4.69, 9.17) is 4.74 Å². The highest BCUT2D eigenvalue weighted by Crippen LogP contribution is 2.25. The SMILES string of the molecule is CCc1ccc(N2C(=O)NC(=O)/C(=C/c3cccc(OCc4cccc5ccccc45)c3)C2=O)cc1. The minimum absolute atomic E-state index is 0.125. The second-order valence-electron chi connectivity index (χ2n) is 8.48. The molecule has 6 nitrogen and oxygen atoms in total. The number of nitrogens with one attached hydrogen (secondary N) is 1. The van der Waals surface area contributed by atoms with Gasteiger partial charge in [0.2, 0.25) is 0 Å². The van der Waals surface area contributed by atoms with E-state index in [1.165, 1.54) is 6.08 Å². The van der Waals surface area contributed by atoms with E-state index in [0.29, 0.717) is 23.6 Å². The largest absolute Gasteiger partial charge is 0.489 e. The van der Waals surface area contributed by atoms with Crippen molar-refractivity contribution in [2.45, 2.75) is 20.0 Å². The quantitative estimate of drug-likeness (QED) is 0.288. The Morgan fingerprint density at radius 3 is 2.42 bits per heavy atom. The summed E-state index contributed by atoms with van der Waals surface area (Å²) in [5.41, 5.74) is 3.03. The van der Waals surface area contributed by atoms with Crippen LogP contribution in [0.5, 0.6) is 5.75 Å². The fraction of sp³-hybridized carbons (Fsp3) is 0.100. The van der Waals surface area contributed by atoms with Crippen LogP contribution in [-0.2, 0) is 22.6 Å². The number of barbiturate groups is 1. The molecule has 0 aromatic heterocycles. The van der Waals surface area contributed by atoms with E-state index in [1.807, 2.05) is 49.4 Å². The topological polar surface area (TPSA) is 75.7 Å². The van der Waals surface area contributed by atoms with Crippen molar-refractivity contribution in [3.8, 4) is 5.75 Å². The molecule has 0 aliphatic carbocycles. The maximum absolute atomic E-state index is 13.2. The molecule has 0 saturated carbocycles. The Kier molecular flexibility index (Phi) is 6.33. The Morgan fingerprint density at radius 2 is 1.61 bits per heavy atom. The van der Waals surface area contributed by atoms with E-state index in [-0.39, 0.29) is 5.57 Å². The first kappa shape index (κ1) is 23.1. The molecule has 178 valence electrons. The van der Waals surface area contributed by atoms with Gasteiger partial charge in [-0.25, -0.2) is 9.69 Å². The van der Waals surface area contributed by atoms with Crippen molar-refractivity contribution in [1.82, 2.24) is 5.32 Å². The maximum Gasteiger partial charge on any atom is 0.335 e. The smallest absolute Gasteiger partial charge is 0.335 e. The molecule has 1 fully saturated rings. The number of imide groups is 2. The number of rotatable bonds is 6. The van der Waals surface area contributed by atoms with Gasteiger partial charge in [-0.2, -0.15) is 0 Å². The summed E-state index contributed by atoms with van der Waals surface area (Å²) in [5, 5.41) is 4.53. The number of hydrogen-bond donors (Lipinski definition) is 1. The van der Waals surface area contributed by atoms with E-state index < -0.39 is 17.8 Å². The first-order chi connectivity index (χ1) is 17.5. The molecule has 5 rings (SSSR count). The molecule has 0 atom stereocenters. The number of aryl methyl sites for hydroxylation is 1. The van der Waals surface area contributed by atoms with Gasteiger partial charge in [-0.05, 0) is 64.2 Å². The molecular weight excluding hydrogens is 452 g/mol. The number of nitrogens with zero attached hydrogens (tertiary/aromatic N) is 1. The number of anilines is 1. The number of benzene rings is 4. The molecule has 36 heavy (non-hydrogen) atoms. The number of hydrogen-bond acceptors (Lipinski definition) is 4. The molecule has 0 spiro atoms. The summed E-state index contributed by atoms with van der Waals surface area (Å²) in [6.45, 7) is 2.39. The van der Waals surface area contributed by atoms with Gasteiger partial charge in [0.05, 0.1) is 5.69 Å². The van der Waals surface area contributed by atoms with Crippen LogP contribution in [0.2, 0.25) is 0 Å². The van der Waals surface area contributed by atoms with Gasteiger partial charge in [0.1, 0.15) is 17.9 Å². The third kappa shape index (κ3) is 4.61. The van der Waals surface area contributed by atoms with Gasteiger partial charge in [0.25, 0.3) is 11.8 Å². The van der Waals surface area contributed by atoms with Gasteiger partial charge < -0.3 is 4.74 Å². The van der Waals surface area contributed by atoms with Crippen LogP contribution >= 0.6 is 0 Å². The monoisotopic (exact) mass is 476 g/mol. The van der Waals surface area contributed by atoms with Crippen LogP contribution in [0.3, 0.4) is 0 Å². The van der Waals surface area contributed by atoms with Gasteiger partial charge >= 0.3 is 6.03 Å². The number of urea groups is 1. The molecule has 0 radical (unpaired) electrons. The summed E-state index contributed by atoms with van der Waals surface area (Å²) in [6, 6.07) is 27.7. The van der Waals surface area contributed by atoms with Gasteiger partial charge in [0, 0.05) is 0 Å². The molecule has 1 saturated heterocycles. The van der Waals surface area contributed by atoms with Crippen LogP contribution in [0, 0.1) is 0 Å². The molecule has 4 aromatic rings. The number of amides is 4. The molecule has 0 bridgehead atoms. The van der Waals surface area contributed by atoms with Crippen molar-refractivity contribution < 1.29 is 19.1 Å². The molecule has 4 amide bonds. The number of carbonyl (C=O) groups is 3. The standard InChI is InChI=1S/C30H24N2O4/c1-2-20-13-15-24(16-14-20)32-29(34)27(28(33)31-30(32)35)18-21-7-5-11-25(17-21)36-19-23-10-6-9-22-8-3-4-12-26(22)23/h3-18H,2,19H2,1H3,(H,31,33,35)/b27-18-. The van der Waals surface area contributed by atoms with Crippen molar-refractivity contribution in [1.29, 1.82) is 0 Å². The molecule has 6 heteroatoms. The van der Waals surface area contributed by atoms with Crippen LogP contribution in [0.4, 0.5) is 10.5 Å². The molecule has 1 heterocycles. The normalized spacial score (nSPS) is 14.9. The Hall–Kier alpha value is -4.71. The molecule has 1 aliphatic heterocycles. The summed E-state index contributed by atoms with van der Waals surface area (Å²) in [7, 11) is 0. The maximum atomic E-state index is 13.2. The van der Waals surface area contributed by atoms with Crippen LogP contribution in [0.1, 0.15) is 23.6 Å². The second-order valence-corrected chi connectivity index (χ2v) is 8.48. The van der Waals surface area contributed by atoms with E-state index in [9.17, 15) is 14.4 Å². The number of carbonyl (C=O) groups excluding carboxylic acids is 3. The minimum Gasteiger partial charge on any atom is -0.489 e. The van der Waals surface area contributed by atoms with Crippen LogP contribution in [-0.4, -0.2) is 17.8 Å². The number of fused-ring (bicyclic) bond motifs is 1. The van der Waals surface area contributed by atoms with Crippen molar-refractivity contribution in [3.63, 3.8) is 0 Å². The third-order valence-corrected chi connectivity index (χ3v) is 6.15. The lowest BCUT2D eigenvalue weighted by molar-refractivity contribution is -0.122. The van der Waals surface area contributed by atoms with E-state index in [1.54, 1.807) is 30.3 Å². The second kappa shape index (κ2) is 9.88. The van der Waals surface area contributed by atoms with Gasteiger partial charge in [0.15, 0.2) is 0 Å². The highest BCUT2D eigenvalue weighted by molar-refractivity contribution is 6.39. The van der Waals surface area contributed by atoms with Crippen molar-refractivity contribution in [2.75, 3.05) is 4.90 Å². The van der Waals surface area contributed by atoms with E-state index in [2.05, 4.69) is 23.5 Å². The lowest BCUT2D eigenvalue weighted by Crippen LogP contribution is -2.54. The van der Waals surface area contributed by atoms with Crippen molar-refractivity contribution >= 4 is 40.4 Å². The highest BCUT2D eigenvalue weighted by atomic mass is 16.5. The first-order valence-electron chi connectivity index (χ1n) is 11.7. The van der Waals surface area contributed by atoms with Gasteiger partial charge in [-0.15, -0.1) is 0 Å². The Balaban J connectivity index is 1.38. The molecule has 1 N–H and O–H groups in total. The fourth-order valence-electron chi connectivity index (χ4n) is 4.21. The summed E-state index contributed by atoms with van der Waals surface area (Å²) >= 11 is 0. The predicted octanol–water partition coefficient (Wildman–Crippen LogP) is 5.65. The molecule has 1 aliphatic rings. The lowest BCUT2D eigenvalue weighted by atomic mass is 10.1. The lowest BCUT2D eigenvalue weighted by Gasteiger charge is -2.26. The average molecular weight is 477 g/mol. The van der Waals surface area contributed by atoms with Gasteiger partial charge in [-0.3, -0.25) is 14.9 Å². The van der Waals surface area contributed by atoms with Crippen LogP contribution in [0.25, 0.3) is 16.8 Å². The summed E-state index contributed by atoms with van der Waals surface area (Å²) in [5.74, 6) is -0.799. The molecule has 0 unspecified atom stereocenters. The predicted molar refractivity (Wildman–Crippen MR) is 140 cm³/mol. The van der Waals surface area contributed by atoms with Crippen LogP contribution < -0.4 is 15.0 Å². The van der Waals surface area contributed by atoms with Crippen molar-refractivity contribution in [3.05, 3.63) is 113 Å². The Morgan fingerprint density at radius 1 is 0.861 bits per heavy atom. The minimum atomic E-state index is -0.765. The Bertz CT molecular complexity index is 1500. The fourth-order valence-corrected chi connectivity index (χ4v) is 4.21. The summed E-state index contributed by atoms with van der Waals surface area (Å²) < 4.78 is 6.03. The average Bonchev–Trinajstić information content (AvgIpc) is 2.90. The molecule has 4 aromatic carbocycles. The van der Waals surface area contributed by atoms with Gasteiger partial charge in [-0.1, -0.05) is 73.7 Å². The highest BCUT2D eigenvalue weighted by Gasteiger charge is 2.36. The first-order valence-corrected chi connectivity index (χ1v) is 11.7. The van der Waals surface area contributed by atoms with Crippen molar-refractivity contribution in [2.24, 2.45) is 0 Å². The summed E-state index contributed by atoms with van der Waals surface area (Å²) in [4.78, 5) is 39.1. The zero-order valence-corrected chi connectivity index (χ0v) is 19.7. The summed E-state index contributed by atoms with van der Waals surface area (Å²) in [6.07, 6.45) is 2.31. The van der Waals surface area contributed by atoms with E-state index >= 15 is 0 Å². The molecular formula is C30H24N2O4.